The maximum Gasteiger partial charge on any atom is 0.339 e. The molecule has 0 amide bonds. The molecule has 0 fully saturated rings. The van der Waals surface area contributed by atoms with Gasteiger partial charge in [0.2, 0.25) is 0 Å². The van der Waals surface area contributed by atoms with Gasteiger partial charge in [-0.25, -0.2) is 4.79 Å². The quantitative estimate of drug-likeness (QED) is 0.794. The summed E-state index contributed by atoms with van der Waals surface area (Å²) < 4.78 is 5.49. The molecule has 4 heteroatoms. The second kappa shape index (κ2) is 4.57. The van der Waals surface area contributed by atoms with Gasteiger partial charge in [-0.15, -0.1) is 0 Å². The molecule has 0 aliphatic carbocycles. The van der Waals surface area contributed by atoms with Crippen molar-refractivity contribution in [1.82, 2.24) is 0 Å². The van der Waals surface area contributed by atoms with E-state index in [-0.39, 0.29) is 11.3 Å². The van der Waals surface area contributed by atoms with Gasteiger partial charge in [0.15, 0.2) is 0 Å². The van der Waals surface area contributed by atoms with Crippen LogP contribution in [-0.4, -0.2) is 11.1 Å². The van der Waals surface area contributed by atoms with E-state index in [1.165, 1.54) is 6.07 Å². The summed E-state index contributed by atoms with van der Waals surface area (Å²) in [6.45, 7) is 0. The Hall–Kier alpha value is -2.49. The highest BCUT2D eigenvalue weighted by atomic mass is 16.5. The first-order valence-corrected chi connectivity index (χ1v) is 5.02. The third kappa shape index (κ3) is 2.55. The van der Waals surface area contributed by atoms with Gasteiger partial charge >= 0.3 is 5.97 Å². The highest BCUT2D eigenvalue weighted by molar-refractivity contribution is 5.92. The summed E-state index contributed by atoms with van der Waals surface area (Å²) in [5, 5.41) is 9.03. The van der Waals surface area contributed by atoms with Crippen LogP contribution >= 0.6 is 0 Å². The van der Waals surface area contributed by atoms with Crippen molar-refractivity contribution in [3.05, 3.63) is 54.1 Å². The maximum absolute atomic E-state index is 11.0. The van der Waals surface area contributed by atoms with Gasteiger partial charge in [-0.3, -0.25) is 0 Å². The van der Waals surface area contributed by atoms with Crippen molar-refractivity contribution in [1.29, 1.82) is 0 Å². The zero-order valence-electron chi connectivity index (χ0n) is 8.96. The van der Waals surface area contributed by atoms with Crippen LogP contribution in [0.3, 0.4) is 0 Å². The molecule has 0 spiro atoms. The second-order valence-electron chi connectivity index (χ2n) is 3.48. The first kappa shape index (κ1) is 11.0. The minimum atomic E-state index is -1.07. The Kier molecular flexibility index (Phi) is 2.96. The molecule has 86 valence electrons. The number of anilines is 1. The van der Waals surface area contributed by atoms with Crippen LogP contribution in [0.15, 0.2) is 48.5 Å². The normalized spacial score (nSPS) is 9.88. The molecule has 0 aromatic heterocycles. The monoisotopic (exact) mass is 229 g/mol. The zero-order valence-corrected chi connectivity index (χ0v) is 8.96. The molecule has 4 nitrogen and oxygen atoms in total. The Morgan fingerprint density at radius 3 is 2.47 bits per heavy atom. The molecule has 0 aliphatic rings. The molecule has 17 heavy (non-hydrogen) atoms. The molecule has 0 unspecified atom stereocenters. The van der Waals surface area contributed by atoms with Gasteiger partial charge < -0.3 is 15.6 Å². The second-order valence-corrected chi connectivity index (χ2v) is 3.48. The molecule has 0 saturated carbocycles. The highest BCUT2D eigenvalue weighted by Gasteiger charge is 2.12. The van der Waals surface area contributed by atoms with Gasteiger partial charge in [0.25, 0.3) is 0 Å². The van der Waals surface area contributed by atoms with Gasteiger partial charge in [-0.2, -0.15) is 0 Å². The Labute approximate surface area is 98.3 Å². The van der Waals surface area contributed by atoms with Crippen molar-refractivity contribution in [2.24, 2.45) is 0 Å². The van der Waals surface area contributed by atoms with E-state index < -0.39 is 5.97 Å². The van der Waals surface area contributed by atoms with Crippen molar-refractivity contribution in [2.75, 3.05) is 5.73 Å². The maximum atomic E-state index is 11.0. The van der Waals surface area contributed by atoms with Crippen LogP contribution in [0.2, 0.25) is 0 Å². The fourth-order valence-corrected chi connectivity index (χ4v) is 1.42. The van der Waals surface area contributed by atoms with Crippen LogP contribution in [0.25, 0.3) is 0 Å². The Morgan fingerprint density at radius 1 is 1.12 bits per heavy atom. The van der Waals surface area contributed by atoms with Gasteiger partial charge in [0.1, 0.15) is 17.1 Å². The Morgan fingerprint density at radius 2 is 1.82 bits per heavy atom. The van der Waals surface area contributed by atoms with Crippen LogP contribution < -0.4 is 10.5 Å². The molecule has 2 aromatic carbocycles. The third-order valence-corrected chi connectivity index (χ3v) is 2.21. The fraction of sp³-hybridized carbons (Fsp3) is 0. The molecule has 0 aliphatic heterocycles. The molecular formula is C13H11NO3. The number of hydrogen-bond donors (Lipinski definition) is 2. The molecule has 2 rings (SSSR count). The van der Waals surface area contributed by atoms with E-state index >= 15 is 0 Å². The van der Waals surface area contributed by atoms with E-state index in [0.717, 1.165) is 0 Å². The summed E-state index contributed by atoms with van der Waals surface area (Å²) in [7, 11) is 0. The summed E-state index contributed by atoms with van der Waals surface area (Å²) in [5.74, 6) is -0.207. The molecule has 0 bridgehead atoms. The number of para-hydroxylation sites is 1. The zero-order chi connectivity index (χ0) is 12.3. The van der Waals surface area contributed by atoms with Crippen LogP contribution in [0.1, 0.15) is 10.4 Å². The largest absolute Gasteiger partial charge is 0.478 e. The van der Waals surface area contributed by atoms with E-state index in [1.807, 2.05) is 18.2 Å². The van der Waals surface area contributed by atoms with Crippen molar-refractivity contribution in [3.63, 3.8) is 0 Å². The van der Waals surface area contributed by atoms with E-state index in [2.05, 4.69) is 0 Å². The summed E-state index contributed by atoms with van der Waals surface area (Å²) in [6.07, 6.45) is 0. The predicted octanol–water partition coefficient (Wildman–Crippen LogP) is 2.76. The van der Waals surface area contributed by atoms with E-state index in [1.54, 1.807) is 24.3 Å². The van der Waals surface area contributed by atoms with E-state index in [4.69, 9.17) is 15.6 Å². The summed E-state index contributed by atoms with van der Waals surface area (Å²) in [5.41, 5.74) is 5.98. The summed E-state index contributed by atoms with van der Waals surface area (Å²) >= 11 is 0. The average Bonchev–Trinajstić information content (AvgIpc) is 2.32. The summed E-state index contributed by atoms with van der Waals surface area (Å²) in [6, 6.07) is 13.5. The molecule has 0 heterocycles. The summed E-state index contributed by atoms with van der Waals surface area (Å²) in [4.78, 5) is 11.0. The van der Waals surface area contributed by atoms with Crippen molar-refractivity contribution in [3.8, 4) is 11.5 Å². The predicted molar refractivity (Wildman–Crippen MR) is 64.3 cm³/mol. The van der Waals surface area contributed by atoms with Crippen LogP contribution in [0.4, 0.5) is 5.69 Å². The molecule has 0 atom stereocenters. The number of nitrogen functional groups attached to an aromatic ring is 1. The molecule has 2 aromatic rings. The number of ether oxygens (including phenoxy) is 1. The number of aromatic carboxylic acids is 1. The van der Waals surface area contributed by atoms with Gasteiger partial charge in [0.05, 0.1) is 0 Å². The first-order valence-electron chi connectivity index (χ1n) is 5.02. The highest BCUT2D eigenvalue weighted by Crippen LogP contribution is 2.26. The van der Waals surface area contributed by atoms with Crippen LogP contribution in [0, 0.1) is 0 Å². The third-order valence-electron chi connectivity index (χ3n) is 2.21. The lowest BCUT2D eigenvalue weighted by molar-refractivity contribution is 0.0694. The lowest BCUT2D eigenvalue weighted by Gasteiger charge is -2.09. The minimum Gasteiger partial charge on any atom is -0.478 e. The van der Waals surface area contributed by atoms with Crippen LogP contribution in [-0.2, 0) is 0 Å². The van der Waals surface area contributed by atoms with Crippen molar-refractivity contribution < 1.29 is 14.6 Å². The lowest BCUT2D eigenvalue weighted by Crippen LogP contribution is -2.01. The van der Waals surface area contributed by atoms with Gasteiger partial charge in [-0.05, 0) is 30.3 Å². The first-order chi connectivity index (χ1) is 8.16. The number of rotatable bonds is 3. The number of carbonyl (C=O) groups is 1. The number of carboxylic acids is 1. The Bertz CT molecular complexity index is 538. The molecule has 0 radical (unpaired) electrons. The molecular weight excluding hydrogens is 218 g/mol. The van der Waals surface area contributed by atoms with E-state index in [9.17, 15) is 4.79 Å². The average molecular weight is 229 g/mol. The standard InChI is InChI=1S/C13H11NO3/c14-9-6-7-12(11(8-9)13(15)16)17-10-4-2-1-3-5-10/h1-8H,14H2,(H,15,16). The number of nitrogens with two attached hydrogens (primary N) is 1. The lowest BCUT2D eigenvalue weighted by atomic mass is 10.2. The SMILES string of the molecule is Nc1ccc(Oc2ccccc2)c(C(=O)O)c1. The molecule has 3 N–H and O–H groups in total. The van der Waals surface area contributed by atoms with Gasteiger partial charge in [0, 0.05) is 5.69 Å². The van der Waals surface area contributed by atoms with E-state index in [0.29, 0.717) is 11.4 Å². The van der Waals surface area contributed by atoms with Gasteiger partial charge in [-0.1, -0.05) is 18.2 Å². The van der Waals surface area contributed by atoms with Crippen LogP contribution in [0.5, 0.6) is 11.5 Å². The van der Waals surface area contributed by atoms with Crippen molar-refractivity contribution in [2.45, 2.75) is 0 Å². The fourth-order valence-electron chi connectivity index (χ4n) is 1.42. The molecule has 0 saturated heterocycles. The van der Waals surface area contributed by atoms with Crippen molar-refractivity contribution >= 4 is 11.7 Å². The topological polar surface area (TPSA) is 72.5 Å². The minimum absolute atomic E-state index is 0.0499. The Balaban J connectivity index is 2.36. The number of hydrogen-bond acceptors (Lipinski definition) is 3. The smallest absolute Gasteiger partial charge is 0.339 e. The number of benzene rings is 2. The number of carboxylic acid groups (broad SMARTS) is 1.